The Balaban J connectivity index is 1.45. The van der Waals surface area contributed by atoms with Gasteiger partial charge in [0.05, 0.1) is 28.1 Å². The van der Waals surface area contributed by atoms with Crippen LogP contribution in [0, 0.1) is 22.7 Å². The lowest BCUT2D eigenvalue weighted by molar-refractivity contribution is -0.116. The molecule has 8 nitrogen and oxygen atoms in total. The highest BCUT2D eigenvalue weighted by molar-refractivity contribution is 7.20. The number of rotatable bonds is 2. The van der Waals surface area contributed by atoms with Gasteiger partial charge in [0.1, 0.15) is 16.9 Å². The van der Waals surface area contributed by atoms with Crippen LogP contribution in [0.3, 0.4) is 0 Å². The standard InChI is InChI=1S/C27H23N5O3S/c28-11-16-22(15-4-5-20-21(10-15)35-13-34-20)24-18(2-1-3-19(24)33)32(25(16)30)26-17(12-29)23-14-6-8-31(9-7-14)27(23)36-26/h4-5,10,14,22H,1-3,6-9,13,30H2/t22-/m1/s1. The molecular formula is C27H23N5O3S. The molecule has 2 N–H and O–H groups in total. The molecule has 0 unspecified atom stereocenters. The Morgan fingerprint density at radius 1 is 1.06 bits per heavy atom. The first-order valence-electron chi connectivity index (χ1n) is 12.3. The third-order valence-electron chi connectivity index (χ3n) is 8.06. The predicted octanol–water partition coefficient (Wildman–Crippen LogP) is 4.35. The number of nitrogens with zero attached hydrogens (tertiary/aromatic N) is 4. The summed E-state index contributed by atoms with van der Waals surface area (Å²) in [5, 5.41) is 22.5. The molecule has 1 aromatic heterocycles. The third kappa shape index (κ3) is 2.81. The van der Waals surface area contributed by atoms with Crippen LogP contribution in [-0.2, 0) is 4.79 Å². The number of benzene rings is 1. The number of hydrogen-bond acceptors (Lipinski definition) is 9. The van der Waals surface area contributed by atoms with E-state index in [1.165, 1.54) is 0 Å². The van der Waals surface area contributed by atoms with Gasteiger partial charge in [-0.25, -0.2) is 0 Å². The molecule has 1 fully saturated rings. The Hall–Kier alpha value is -3.95. The molecule has 5 aliphatic heterocycles. The van der Waals surface area contributed by atoms with Crippen LogP contribution >= 0.6 is 11.3 Å². The second-order valence-corrected chi connectivity index (χ2v) is 10.8. The molecule has 0 spiro atoms. The average Bonchev–Trinajstić information content (AvgIpc) is 3.54. The maximum Gasteiger partial charge on any atom is 0.231 e. The molecular weight excluding hydrogens is 474 g/mol. The molecule has 2 bridgehead atoms. The first kappa shape index (κ1) is 21.3. The molecule has 36 heavy (non-hydrogen) atoms. The lowest BCUT2D eigenvalue weighted by Gasteiger charge is -2.39. The number of ketones is 1. The lowest BCUT2D eigenvalue weighted by atomic mass is 9.75. The molecule has 0 radical (unpaired) electrons. The Bertz CT molecular complexity index is 1480. The Morgan fingerprint density at radius 2 is 1.86 bits per heavy atom. The number of fused-ring (bicyclic) bond motifs is 3. The minimum Gasteiger partial charge on any atom is -0.454 e. The van der Waals surface area contributed by atoms with Gasteiger partial charge in [-0.1, -0.05) is 17.4 Å². The van der Waals surface area contributed by atoms with Crippen molar-refractivity contribution in [3.63, 3.8) is 0 Å². The van der Waals surface area contributed by atoms with Gasteiger partial charge >= 0.3 is 0 Å². The number of anilines is 2. The van der Waals surface area contributed by atoms with E-state index in [1.807, 2.05) is 23.1 Å². The van der Waals surface area contributed by atoms with Crippen molar-refractivity contribution in [2.75, 3.05) is 29.7 Å². The second kappa shape index (κ2) is 7.78. The van der Waals surface area contributed by atoms with Crippen LogP contribution in [0.1, 0.15) is 60.6 Å². The number of nitriles is 2. The molecule has 8 rings (SSSR count). The molecule has 1 aromatic carbocycles. The molecule has 9 heteroatoms. The number of piperidine rings is 1. The van der Waals surface area contributed by atoms with Gasteiger partial charge in [-0.05, 0) is 49.3 Å². The van der Waals surface area contributed by atoms with Gasteiger partial charge in [-0.2, -0.15) is 10.5 Å². The highest BCUT2D eigenvalue weighted by Crippen LogP contribution is 2.56. The van der Waals surface area contributed by atoms with Gasteiger partial charge in [-0.15, -0.1) is 0 Å². The van der Waals surface area contributed by atoms with Gasteiger partial charge in [0.25, 0.3) is 0 Å². The number of allylic oxidation sites excluding steroid dienone is 3. The SMILES string of the molecule is N#CC1=C(N)N(c2sc3c(c2C#N)C2CCN3CC2)C2=C(C(=O)CCC2)[C@@H]1c1ccc2c(c1)OCO2. The van der Waals surface area contributed by atoms with Crippen molar-refractivity contribution in [3.8, 4) is 23.6 Å². The number of nitrogens with two attached hydrogens (primary N) is 1. The van der Waals surface area contributed by atoms with Crippen molar-refractivity contribution in [2.45, 2.75) is 43.9 Å². The Kier molecular flexibility index (Phi) is 4.61. The zero-order valence-electron chi connectivity index (χ0n) is 19.5. The van der Waals surface area contributed by atoms with Crippen molar-refractivity contribution < 1.29 is 14.3 Å². The highest BCUT2D eigenvalue weighted by Gasteiger charge is 2.44. The van der Waals surface area contributed by atoms with E-state index in [0.29, 0.717) is 59.2 Å². The summed E-state index contributed by atoms with van der Waals surface area (Å²) >= 11 is 1.57. The van der Waals surface area contributed by atoms with Crippen molar-refractivity contribution in [1.82, 2.24) is 0 Å². The van der Waals surface area contributed by atoms with E-state index in [1.54, 1.807) is 11.3 Å². The maximum absolute atomic E-state index is 13.5. The number of carbonyl (C=O) groups excluding carboxylic acids is 1. The van der Waals surface area contributed by atoms with Crippen LogP contribution in [0.5, 0.6) is 11.5 Å². The molecule has 1 atom stereocenters. The van der Waals surface area contributed by atoms with Crippen LogP contribution in [0.15, 0.2) is 40.9 Å². The van der Waals surface area contributed by atoms with E-state index in [-0.39, 0.29) is 12.6 Å². The number of thiophene rings is 1. The molecule has 6 heterocycles. The van der Waals surface area contributed by atoms with E-state index < -0.39 is 5.92 Å². The summed E-state index contributed by atoms with van der Waals surface area (Å²) in [6.07, 6.45) is 3.88. The zero-order valence-corrected chi connectivity index (χ0v) is 20.4. The van der Waals surface area contributed by atoms with Crippen molar-refractivity contribution in [3.05, 3.63) is 57.6 Å². The minimum atomic E-state index is -0.580. The first-order valence-corrected chi connectivity index (χ1v) is 13.1. The minimum absolute atomic E-state index is 0.0211. The highest BCUT2D eigenvalue weighted by atomic mass is 32.1. The summed E-state index contributed by atoms with van der Waals surface area (Å²) in [6, 6.07) is 10.3. The van der Waals surface area contributed by atoms with Gasteiger partial charge < -0.3 is 20.1 Å². The van der Waals surface area contributed by atoms with Gasteiger partial charge in [0.2, 0.25) is 6.79 Å². The van der Waals surface area contributed by atoms with E-state index in [9.17, 15) is 15.3 Å². The van der Waals surface area contributed by atoms with Crippen molar-refractivity contribution >= 4 is 27.1 Å². The van der Waals surface area contributed by atoms with Crippen LogP contribution in [-0.4, -0.2) is 25.7 Å². The number of hydrogen-bond donors (Lipinski definition) is 1. The predicted molar refractivity (Wildman–Crippen MR) is 134 cm³/mol. The number of Topliss-reactive ketones (excluding diaryl/α,β-unsaturated/α-hetero) is 1. The first-order chi connectivity index (χ1) is 17.6. The lowest BCUT2D eigenvalue weighted by Crippen LogP contribution is -2.38. The van der Waals surface area contributed by atoms with Crippen LogP contribution in [0.4, 0.5) is 10.0 Å². The zero-order chi connectivity index (χ0) is 24.6. The van der Waals surface area contributed by atoms with E-state index in [4.69, 9.17) is 15.2 Å². The molecule has 1 aliphatic carbocycles. The topological polar surface area (TPSA) is 116 Å². The molecule has 180 valence electrons. The van der Waals surface area contributed by atoms with E-state index in [2.05, 4.69) is 17.0 Å². The fourth-order valence-corrected chi connectivity index (χ4v) is 7.85. The summed E-state index contributed by atoms with van der Waals surface area (Å²) in [5.41, 5.74) is 11.0. The monoisotopic (exact) mass is 497 g/mol. The van der Waals surface area contributed by atoms with Crippen molar-refractivity contribution in [2.24, 2.45) is 5.73 Å². The fourth-order valence-electron chi connectivity index (χ4n) is 6.41. The molecule has 0 amide bonds. The Labute approximate surface area is 212 Å². The number of ether oxygens (including phenoxy) is 2. The average molecular weight is 498 g/mol. The smallest absolute Gasteiger partial charge is 0.231 e. The maximum atomic E-state index is 13.5. The normalized spacial score (nSPS) is 22.5. The second-order valence-electron chi connectivity index (χ2n) is 9.80. The van der Waals surface area contributed by atoms with Crippen LogP contribution < -0.4 is 25.0 Å². The molecule has 2 aromatic rings. The Morgan fingerprint density at radius 3 is 2.64 bits per heavy atom. The van der Waals surface area contributed by atoms with Gasteiger partial charge in [0.15, 0.2) is 17.3 Å². The molecule has 1 saturated heterocycles. The summed E-state index contributed by atoms with van der Waals surface area (Å²) in [7, 11) is 0. The van der Waals surface area contributed by atoms with Gasteiger partial charge in [0, 0.05) is 36.3 Å². The van der Waals surface area contributed by atoms with E-state index in [0.717, 1.165) is 52.8 Å². The molecule has 0 saturated carbocycles. The number of carbonyl (C=O) groups is 1. The summed E-state index contributed by atoms with van der Waals surface area (Å²) in [6.45, 7) is 2.14. The fraction of sp³-hybridized carbons (Fsp3) is 0.370. The van der Waals surface area contributed by atoms with Crippen LogP contribution in [0.25, 0.3) is 0 Å². The summed E-state index contributed by atoms with van der Waals surface area (Å²) < 4.78 is 11.0. The molecule has 6 aliphatic rings. The largest absolute Gasteiger partial charge is 0.454 e. The van der Waals surface area contributed by atoms with Crippen LogP contribution in [0.2, 0.25) is 0 Å². The third-order valence-corrected chi connectivity index (χ3v) is 9.31. The van der Waals surface area contributed by atoms with Gasteiger partial charge in [-0.3, -0.25) is 9.69 Å². The quantitative estimate of drug-likeness (QED) is 0.651. The summed E-state index contributed by atoms with van der Waals surface area (Å²) in [5.74, 6) is 1.35. The van der Waals surface area contributed by atoms with E-state index >= 15 is 0 Å². The summed E-state index contributed by atoms with van der Waals surface area (Å²) in [4.78, 5) is 17.7. The van der Waals surface area contributed by atoms with Crippen molar-refractivity contribution in [1.29, 1.82) is 10.5 Å².